The molecule has 0 heterocycles. The zero-order valence-electron chi connectivity index (χ0n) is 16.8. The topological polar surface area (TPSA) is 57.7 Å². The first kappa shape index (κ1) is 21.5. The zero-order chi connectivity index (χ0) is 21.0. The predicted molar refractivity (Wildman–Crippen MR) is 110 cm³/mol. The Labute approximate surface area is 172 Å². The van der Waals surface area contributed by atoms with Crippen LogP contribution in [-0.2, 0) is 16.6 Å². The summed E-state index contributed by atoms with van der Waals surface area (Å²) in [5.74, 6) is -0.433. The third-order valence-corrected chi connectivity index (χ3v) is 7.25. The minimum atomic E-state index is -3.54. The van der Waals surface area contributed by atoms with Crippen LogP contribution < -0.4 is 0 Å². The second kappa shape index (κ2) is 9.05. The van der Waals surface area contributed by atoms with Gasteiger partial charge in [-0.1, -0.05) is 31.4 Å². The summed E-state index contributed by atoms with van der Waals surface area (Å²) in [6.45, 7) is 0.404. The van der Waals surface area contributed by atoms with E-state index in [2.05, 4.69) is 0 Å². The van der Waals surface area contributed by atoms with Crippen molar-refractivity contribution in [2.45, 2.75) is 49.6 Å². The number of hydrogen-bond acceptors (Lipinski definition) is 3. The molecular formula is C22H27FN2O3S. The van der Waals surface area contributed by atoms with E-state index in [9.17, 15) is 17.6 Å². The van der Waals surface area contributed by atoms with Gasteiger partial charge in [-0.2, -0.15) is 0 Å². The Kier molecular flexibility index (Phi) is 6.70. The number of nitrogens with zero attached hydrogens (tertiary/aromatic N) is 2. The molecule has 0 spiro atoms. The number of benzene rings is 2. The van der Waals surface area contributed by atoms with Crippen LogP contribution in [0.2, 0.25) is 0 Å². The standard InChI is InChI=1S/C22H27FN2O3S/c1-24(2)29(27,28)21-14-10-18(11-15-21)22(26)25(20-6-4-3-5-7-20)16-17-8-12-19(23)13-9-17/h8-15,20H,3-7,16H2,1-2H3. The molecule has 5 nitrogen and oxygen atoms in total. The molecule has 1 fully saturated rings. The van der Waals surface area contributed by atoms with Crippen LogP contribution in [0.15, 0.2) is 53.4 Å². The molecule has 0 atom stereocenters. The van der Waals surface area contributed by atoms with Crippen molar-refractivity contribution < 1.29 is 17.6 Å². The summed E-state index contributed by atoms with van der Waals surface area (Å²) >= 11 is 0. The van der Waals surface area contributed by atoms with Gasteiger partial charge in [0.05, 0.1) is 4.90 Å². The van der Waals surface area contributed by atoms with Gasteiger partial charge >= 0.3 is 0 Å². The lowest BCUT2D eigenvalue weighted by Gasteiger charge is -2.34. The number of sulfonamides is 1. The van der Waals surface area contributed by atoms with Crippen molar-refractivity contribution >= 4 is 15.9 Å². The molecule has 1 aliphatic carbocycles. The molecule has 7 heteroatoms. The number of halogens is 1. The van der Waals surface area contributed by atoms with Crippen LogP contribution in [0.4, 0.5) is 4.39 Å². The van der Waals surface area contributed by atoms with Gasteiger partial charge in [0, 0.05) is 32.2 Å². The van der Waals surface area contributed by atoms with Gasteiger partial charge in [0.2, 0.25) is 10.0 Å². The lowest BCUT2D eigenvalue weighted by atomic mass is 9.93. The fourth-order valence-corrected chi connectivity index (χ4v) is 4.59. The van der Waals surface area contributed by atoms with E-state index in [4.69, 9.17) is 0 Å². The second-order valence-corrected chi connectivity index (χ2v) is 9.81. The highest BCUT2D eigenvalue weighted by Gasteiger charge is 2.27. The van der Waals surface area contributed by atoms with Crippen LogP contribution in [0.5, 0.6) is 0 Å². The van der Waals surface area contributed by atoms with E-state index >= 15 is 0 Å². The van der Waals surface area contributed by atoms with Gasteiger partial charge < -0.3 is 4.90 Å². The van der Waals surface area contributed by atoms with E-state index < -0.39 is 10.0 Å². The average molecular weight is 419 g/mol. The lowest BCUT2D eigenvalue weighted by Crippen LogP contribution is -2.41. The van der Waals surface area contributed by atoms with E-state index in [1.54, 1.807) is 24.3 Å². The number of hydrogen-bond donors (Lipinski definition) is 0. The Morgan fingerprint density at radius 2 is 1.55 bits per heavy atom. The number of carbonyl (C=O) groups excluding carboxylic acids is 1. The smallest absolute Gasteiger partial charge is 0.254 e. The SMILES string of the molecule is CN(C)S(=O)(=O)c1ccc(C(=O)N(Cc2ccc(F)cc2)C2CCCCC2)cc1. The summed E-state index contributed by atoms with van der Waals surface area (Å²) in [4.78, 5) is 15.3. The van der Waals surface area contributed by atoms with Crippen LogP contribution in [0.1, 0.15) is 48.0 Å². The summed E-state index contributed by atoms with van der Waals surface area (Å²) < 4.78 is 38.9. The first-order valence-electron chi connectivity index (χ1n) is 9.87. The molecule has 1 aliphatic rings. The average Bonchev–Trinajstić information content (AvgIpc) is 2.73. The van der Waals surface area contributed by atoms with Gasteiger partial charge in [-0.15, -0.1) is 0 Å². The molecule has 0 unspecified atom stereocenters. The predicted octanol–water partition coefficient (Wildman–Crippen LogP) is 4.05. The summed E-state index contributed by atoms with van der Waals surface area (Å²) in [7, 11) is -0.592. The van der Waals surface area contributed by atoms with Crippen molar-refractivity contribution in [1.29, 1.82) is 0 Å². The van der Waals surface area contributed by atoms with Crippen molar-refractivity contribution in [2.75, 3.05) is 14.1 Å². The first-order valence-corrected chi connectivity index (χ1v) is 11.3. The second-order valence-electron chi connectivity index (χ2n) is 7.66. The molecule has 3 rings (SSSR count). The van der Waals surface area contributed by atoms with Gasteiger partial charge in [-0.25, -0.2) is 17.1 Å². The highest BCUT2D eigenvalue weighted by Crippen LogP contribution is 2.26. The molecule has 2 aromatic rings. The van der Waals surface area contributed by atoms with Crippen molar-refractivity contribution in [3.63, 3.8) is 0 Å². The monoisotopic (exact) mass is 418 g/mol. The maximum atomic E-state index is 13.3. The van der Waals surface area contributed by atoms with E-state index in [-0.39, 0.29) is 22.7 Å². The minimum Gasteiger partial charge on any atom is -0.331 e. The molecule has 0 aromatic heterocycles. The fraction of sp³-hybridized carbons (Fsp3) is 0.409. The summed E-state index contributed by atoms with van der Waals surface area (Å²) in [6.07, 6.45) is 5.22. The van der Waals surface area contributed by atoms with Crippen LogP contribution in [-0.4, -0.2) is 43.7 Å². The molecule has 156 valence electrons. The molecule has 0 radical (unpaired) electrons. The molecule has 0 N–H and O–H groups in total. The molecular weight excluding hydrogens is 391 g/mol. The van der Waals surface area contributed by atoms with Crippen LogP contribution in [0.3, 0.4) is 0 Å². The largest absolute Gasteiger partial charge is 0.331 e. The van der Waals surface area contributed by atoms with Crippen LogP contribution >= 0.6 is 0 Å². The number of carbonyl (C=O) groups is 1. The van der Waals surface area contributed by atoms with Gasteiger partial charge in [-0.05, 0) is 54.8 Å². The normalized spacial score (nSPS) is 15.4. The maximum absolute atomic E-state index is 13.3. The quantitative estimate of drug-likeness (QED) is 0.711. The summed E-state index contributed by atoms with van der Waals surface area (Å²) in [5.41, 5.74) is 1.33. The van der Waals surface area contributed by atoms with Crippen LogP contribution in [0.25, 0.3) is 0 Å². The third-order valence-electron chi connectivity index (χ3n) is 5.42. The number of rotatable bonds is 6. The van der Waals surface area contributed by atoms with Crippen molar-refractivity contribution in [3.8, 4) is 0 Å². The molecule has 29 heavy (non-hydrogen) atoms. The van der Waals surface area contributed by atoms with E-state index in [0.29, 0.717) is 12.1 Å². The summed E-state index contributed by atoms with van der Waals surface area (Å²) in [6, 6.07) is 12.4. The van der Waals surface area contributed by atoms with Crippen molar-refractivity contribution in [2.24, 2.45) is 0 Å². The third kappa shape index (κ3) is 5.03. The Hall–Kier alpha value is -2.25. The Balaban J connectivity index is 1.86. The van der Waals surface area contributed by atoms with Crippen molar-refractivity contribution in [1.82, 2.24) is 9.21 Å². The zero-order valence-corrected chi connectivity index (χ0v) is 17.7. The first-order chi connectivity index (χ1) is 13.8. The molecule has 1 saturated carbocycles. The fourth-order valence-electron chi connectivity index (χ4n) is 3.69. The van der Waals surface area contributed by atoms with E-state index in [1.807, 2.05) is 4.90 Å². The van der Waals surface area contributed by atoms with E-state index in [0.717, 1.165) is 35.6 Å². The summed E-state index contributed by atoms with van der Waals surface area (Å²) in [5, 5.41) is 0. The van der Waals surface area contributed by atoms with Gasteiger partial charge in [0.25, 0.3) is 5.91 Å². The van der Waals surface area contributed by atoms with Gasteiger partial charge in [0.15, 0.2) is 0 Å². The van der Waals surface area contributed by atoms with Crippen molar-refractivity contribution in [3.05, 3.63) is 65.5 Å². The number of amides is 1. The van der Waals surface area contributed by atoms with Gasteiger partial charge in [-0.3, -0.25) is 4.79 Å². The molecule has 2 aromatic carbocycles. The highest BCUT2D eigenvalue weighted by atomic mass is 32.2. The lowest BCUT2D eigenvalue weighted by molar-refractivity contribution is 0.0614. The molecule has 0 saturated heterocycles. The Bertz CT molecular complexity index is 935. The molecule has 1 amide bonds. The minimum absolute atomic E-state index is 0.130. The molecule has 0 aliphatic heterocycles. The Morgan fingerprint density at radius 3 is 2.10 bits per heavy atom. The Morgan fingerprint density at radius 1 is 0.966 bits per heavy atom. The van der Waals surface area contributed by atoms with Gasteiger partial charge in [0.1, 0.15) is 5.82 Å². The van der Waals surface area contributed by atoms with E-state index in [1.165, 1.54) is 44.8 Å². The highest BCUT2D eigenvalue weighted by molar-refractivity contribution is 7.89. The molecule has 0 bridgehead atoms. The maximum Gasteiger partial charge on any atom is 0.254 e. The van der Waals surface area contributed by atoms with Crippen LogP contribution in [0, 0.1) is 5.82 Å².